The Hall–Kier alpha value is -2.02. The van der Waals surface area contributed by atoms with Gasteiger partial charge in [-0.1, -0.05) is 48.5 Å². The molecule has 0 atom stereocenters. The summed E-state index contributed by atoms with van der Waals surface area (Å²) in [7, 11) is 1.71. The Bertz CT molecular complexity index is 547. The molecule has 1 nitrogen and oxygen atoms in total. The van der Waals surface area contributed by atoms with Gasteiger partial charge in [0.25, 0.3) is 0 Å². The van der Waals surface area contributed by atoms with E-state index >= 15 is 0 Å². The Morgan fingerprint density at radius 1 is 0.833 bits per heavy atom. The van der Waals surface area contributed by atoms with Gasteiger partial charge in [0.15, 0.2) is 0 Å². The summed E-state index contributed by atoms with van der Waals surface area (Å²) in [5.74, 6) is 0. The molecule has 0 heterocycles. The van der Waals surface area contributed by atoms with E-state index in [0.717, 1.165) is 12.8 Å². The molecule has 1 aliphatic carbocycles. The van der Waals surface area contributed by atoms with Crippen LogP contribution in [0.25, 0.3) is 5.57 Å². The highest BCUT2D eigenvalue weighted by atomic mass is 16.5. The normalized spacial score (nSPS) is 13.3. The minimum Gasteiger partial charge on any atom is -0.504 e. The molecule has 2 aromatic carbocycles. The first-order valence-electron chi connectivity index (χ1n) is 6.29. The van der Waals surface area contributed by atoms with E-state index in [1.54, 1.807) is 7.11 Å². The molecular formula is C17H16O. The third kappa shape index (κ3) is 1.82. The summed E-state index contributed by atoms with van der Waals surface area (Å²) in [6.07, 6.45) is 4.05. The van der Waals surface area contributed by atoms with Crippen LogP contribution in [0.4, 0.5) is 0 Å². The first-order chi connectivity index (χ1) is 8.90. The summed E-state index contributed by atoms with van der Waals surface area (Å²) < 4.78 is 5.29. The molecule has 3 rings (SSSR count). The van der Waals surface area contributed by atoms with Crippen molar-refractivity contribution in [3.63, 3.8) is 0 Å². The molecule has 2 aromatic rings. The van der Waals surface area contributed by atoms with Gasteiger partial charge < -0.3 is 4.74 Å². The van der Waals surface area contributed by atoms with E-state index in [1.165, 1.54) is 27.8 Å². The lowest BCUT2D eigenvalue weighted by molar-refractivity contribution is 0.340. The number of fused-ring (bicyclic) bond motifs is 2. The van der Waals surface area contributed by atoms with Crippen molar-refractivity contribution in [2.75, 3.05) is 7.11 Å². The Morgan fingerprint density at radius 2 is 1.33 bits per heavy atom. The van der Waals surface area contributed by atoms with Gasteiger partial charge in [0, 0.05) is 5.57 Å². The van der Waals surface area contributed by atoms with Crippen molar-refractivity contribution in [3.8, 4) is 0 Å². The molecule has 1 aliphatic rings. The summed E-state index contributed by atoms with van der Waals surface area (Å²) in [4.78, 5) is 0. The van der Waals surface area contributed by atoms with Gasteiger partial charge in [-0.3, -0.25) is 0 Å². The standard InChI is InChI=1S/C17H16O/c1-18-12-17-15-8-4-2-6-13(15)10-11-14-7-3-5-9-16(14)17/h2-9,12H,10-11H2,1H3. The fourth-order valence-corrected chi connectivity index (χ4v) is 2.66. The van der Waals surface area contributed by atoms with Gasteiger partial charge in [-0.25, -0.2) is 0 Å². The largest absolute Gasteiger partial charge is 0.504 e. The monoisotopic (exact) mass is 236 g/mol. The van der Waals surface area contributed by atoms with Crippen LogP contribution in [-0.4, -0.2) is 7.11 Å². The molecule has 0 saturated heterocycles. The highest BCUT2D eigenvalue weighted by Crippen LogP contribution is 2.33. The van der Waals surface area contributed by atoms with Crippen LogP contribution < -0.4 is 0 Å². The topological polar surface area (TPSA) is 9.23 Å². The minimum atomic E-state index is 1.09. The lowest BCUT2D eigenvalue weighted by atomic mass is 9.95. The molecular weight excluding hydrogens is 220 g/mol. The molecule has 0 amide bonds. The second kappa shape index (κ2) is 4.69. The van der Waals surface area contributed by atoms with E-state index in [0.29, 0.717) is 0 Å². The minimum absolute atomic E-state index is 1.09. The highest BCUT2D eigenvalue weighted by Gasteiger charge is 2.17. The zero-order valence-electron chi connectivity index (χ0n) is 10.5. The van der Waals surface area contributed by atoms with Crippen molar-refractivity contribution in [1.82, 2.24) is 0 Å². The van der Waals surface area contributed by atoms with Gasteiger partial charge in [0.05, 0.1) is 13.4 Å². The summed E-state index contributed by atoms with van der Waals surface area (Å²) in [5.41, 5.74) is 6.59. The lowest BCUT2D eigenvalue weighted by Gasteiger charge is -2.10. The molecule has 0 radical (unpaired) electrons. The van der Waals surface area contributed by atoms with Crippen molar-refractivity contribution >= 4 is 5.57 Å². The molecule has 1 heteroatoms. The van der Waals surface area contributed by atoms with Gasteiger partial charge in [-0.15, -0.1) is 0 Å². The molecule has 0 unspecified atom stereocenters. The van der Waals surface area contributed by atoms with Crippen molar-refractivity contribution < 1.29 is 4.74 Å². The zero-order chi connectivity index (χ0) is 12.4. The highest BCUT2D eigenvalue weighted by molar-refractivity contribution is 5.83. The van der Waals surface area contributed by atoms with Crippen LogP contribution in [0.1, 0.15) is 22.3 Å². The van der Waals surface area contributed by atoms with Crippen molar-refractivity contribution in [2.24, 2.45) is 0 Å². The third-order valence-electron chi connectivity index (χ3n) is 3.51. The molecule has 0 spiro atoms. The maximum Gasteiger partial charge on any atom is 0.0909 e. The maximum absolute atomic E-state index is 5.29. The SMILES string of the molecule is COC=C1c2ccccc2CCc2ccccc21. The first kappa shape index (κ1) is 11.1. The molecule has 0 aromatic heterocycles. The van der Waals surface area contributed by atoms with Crippen LogP contribution >= 0.6 is 0 Å². The van der Waals surface area contributed by atoms with E-state index in [-0.39, 0.29) is 0 Å². The van der Waals surface area contributed by atoms with Gasteiger partial charge in [-0.2, -0.15) is 0 Å². The fourth-order valence-electron chi connectivity index (χ4n) is 2.66. The van der Waals surface area contributed by atoms with E-state index < -0.39 is 0 Å². The van der Waals surface area contributed by atoms with Crippen molar-refractivity contribution in [3.05, 3.63) is 77.0 Å². The van der Waals surface area contributed by atoms with Crippen LogP contribution in [0.2, 0.25) is 0 Å². The van der Waals surface area contributed by atoms with E-state index in [2.05, 4.69) is 48.5 Å². The number of ether oxygens (including phenoxy) is 1. The van der Waals surface area contributed by atoms with Crippen molar-refractivity contribution in [2.45, 2.75) is 12.8 Å². The third-order valence-corrected chi connectivity index (χ3v) is 3.51. The quantitative estimate of drug-likeness (QED) is 0.684. The van der Waals surface area contributed by atoms with Gasteiger partial charge >= 0.3 is 0 Å². The van der Waals surface area contributed by atoms with E-state index in [9.17, 15) is 0 Å². The smallest absolute Gasteiger partial charge is 0.0909 e. The number of rotatable bonds is 1. The lowest BCUT2D eigenvalue weighted by Crippen LogP contribution is -1.92. The molecule has 0 bridgehead atoms. The second-order valence-electron chi connectivity index (χ2n) is 4.58. The predicted octanol–water partition coefficient (Wildman–Crippen LogP) is 3.82. The Balaban J connectivity index is 2.25. The van der Waals surface area contributed by atoms with Crippen LogP contribution in [0.15, 0.2) is 54.8 Å². The average Bonchev–Trinajstić information content (AvgIpc) is 2.58. The Morgan fingerprint density at radius 3 is 1.83 bits per heavy atom. The number of hydrogen-bond donors (Lipinski definition) is 0. The summed E-state index contributed by atoms with van der Waals surface area (Å²) in [6, 6.07) is 17.2. The van der Waals surface area contributed by atoms with E-state index in [1.807, 2.05) is 6.26 Å². The summed E-state index contributed by atoms with van der Waals surface area (Å²) in [5, 5.41) is 0. The van der Waals surface area contributed by atoms with Gasteiger partial charge in [-0.05, 0) is 35.1 Å². The number of methoxy groups -OCH3 is 1. The van der Waals surface area contributed by atoms with Crippen LogP contribution in [0, 0.1) is 0 Å². The Kier molecular flexibility index (Phi) is 2.89. The van der Waals surface area contributed by atoms with Crippen LogP contribution in [-0.2, 0) is 17.6 Å². The van der Waals surface area contributed by atoms with E-state index in [4.69, 9.17) is 4.74 Å². The predicted molar refractivity (Wildman–Crippen MR) is 74.4 cm³/mol. The Labute approximate surface area is 108 Å². The van der Waals surface area contributed by atoms with Gasteiger partial charge in [0.1, 0.15) is 0 Å². The maximum atomic E-state index is 5.29. The van der Waals surface area contributed by atoms with Crippen molar-refractivity contribution in [1.29, 1.82) is 0 Å². The van der Waals surface area contributed by atoms with Crippen LogP contribution in [0.3, 0.4) is 0 Å². The molecule has 0 N–H and O–H groups in total. The first-order valence-corrected chi connectivity index (χ1v) is 6.29. The second-order valence-corrected chi connectivity index (χ2v) is 4.58. The summed E-state index contributed by atoms with van der Waals surface area (Å²) in [6.45, 7) is 0. The molecule has 0 saturated carbocycles. The fraction of sp³-hybridized carbons (Fsp3) is 0.176. The molecule has 18 heavy (non-hydrogen) atoms. The zero-order valence-corrected chi connectivity index (χ0v) is 10.5. The number of aryl methyl sites for hydroxylation is 2. The van der Waals surface area contributed by atoms with Gasteiger partial charge in [0.2, 0.25) is 0 Å². The average molecular weight is 236 g/mol. The number of hydrogen-bond acceptors (Lipinski definition) is 1. The summed E-state index contributed by atoms with van der Waals surface area (Å²) >= 11 is 0. The molecule has 0 fully saturated rings. The molecule has 90 valence electrons. The van der Waals surface area contributed by atoms with Crippen LogP contribution in [0.5, 0.6) is 0 Å². The number of benzene rings is 2. The molecule has 0 aliphatic heterocycles.